The predicted octanol–water partition coefficient (Wildman–Crippen LogP) is 3.57. The second kappa shape index (κ2) is 10.2. The Morgan fingerprint density at radius 3 is 2.32 bits per heavy atom. The van der Waals surface area contributed by atoms with Gasteiger partial charge in [0.2, 0.25) is 5.91 Å². The lowest BCUT2D eigenvalue weighted by atomic mass is 10.1. The Kier molecular flexibility index (Phi) is 6.95. The van der Waals surface area contributed by atoms with Crippen LogP contribution in [0.15, 0.2) is 72.9 Å². The van der Waals surface area contributed by atoms with E-state index in [4.69, 9.17) is 0 Å². The average molecular weight is 415 g/mol. The third kappa shape index (κ3) is 5.92. The molecule has 5 heteroatoms. The summed E-state index contributed by atoms with van der Waals surface area (Å²) in [4.78, 5) is 21.6. The molecule has 0 bridgehead atoms. The number of benzene rings is 2. The van der Waals surface area contributed by atoms with E-state index in [1.165, 1.54) is 16.8 Å². The van der Waals surface area contributed by atoms with Gasteiger partial charge in [0, 0.05) is 56.8 Å². The number of nitrogens with one attached hydrogen (secondary N) is 1. The molecule has 1 amide bonds. The van der Waals surface area contributed by atoms with E-state index < -0.39 is 0 Å². The van der Waals surface area contributed by atoms with Crippen LogP contribution in [0.3, 0.4) is 0 Å². The second-order valence-electron chi connectivity index (χ2n) is 8.13. The van der Waals surface area contributed by atoms with E-state index in [2.05, 4.69) is 68.6 Å². The molecular weight excluding hydrogens is 384 g/mol. The number of carbonyl (C=O) groups is 1. The summed E-state index contributed by atoms with van der Waals surface area (Å²) in [5, 5.41) is 3.07. The number of para-hydroxylation sites is 1. The third-order valence-electron chi connectivity index (χ3n) is 5.82. The summed E-state index contributed by atoms with van der Waals surface area (Å²) in [7, 11) is 0. The minimum Gasteiger partial charge on any atom is -0.369 e. The molecule has 1 aromatic heterocycles. The smallest absolute Gasteiger partial charge is 0.224 e. The summed E-state index contributed by atoms with van der Waals surface area (Å²) in [5.41, 5.74) is 5.67. The van der Waals surface area contributed by atoms with Crippen LogP contribution in [0.2, 0.25) is 0 Å². The van der Waals surface area contributed by atoms with Gasteiger partial charge < -0.3 is 10.2 Å². The molecule has 0 aliphatic carbocycles. The Morgan fingerprint density at radius 1 is 0.903 bits per heavy atom. The van der Waals surface area contributed by atoms with Crippen LogP contribution in [0, 0.1) is 6.92 Å². The summed E-state index contributed by atoms with van der Waals surface area (Å²) in [6.45, 7) is 7.56. The maximum atomic E-state index is 12.4. The van der Waals surface area contributed by atoms with Crippen molar-refractivity contribution in [2.24, 2.45) is 0 Å². The van der Waals surface area contributed by atoms with E-state index in [-0.39, 0.29) is 5.91 Å². The number of hydrogen-bond donors (Lipinski definition) is 1. The number of nitrogens with zero attached hydrogens (tertiary/aromatic N) is 3. The number of rotatable bonds is 7. The molecule has 4 rings (SSSR count). The zero-order valence-corrected chi connectivity index (χ0v) is 18.1. The van der Waals surface area contributed by atoms with E-state index in [1.54, 1.807) is 6.20 Å². The van der Waals surface area contributed by atoms with Gasteiger partial charge in [0.25, 0.3) is 0 Å². The average Bonchev–Trinajstić information content (AvgIpc) is 2.81. The second-order valence-corrected chi connectivity index (χ2v) is 8.13. The largest absolute Gasteiger partial charge is 0.369 e. The van der Waals surface area contributed by atoms with Crippen LogP contribution in [0.25, 0.3) is 0 Å². The Hall–Kier alpha value is -3.18. The number of hydrogen-bond acceptors (Lipinski definition) is 4. The predicted molar refractivity (Wildman–Crippen MR) is 125 cm³/mol. The summed E-state index contributed by atoms with van der Waals surface area (Å²) in [5.74, 6) is 0.0249. The number of aryl methyl sites for hydroxylation is 1. The highest BCUT2D eigenvalue weighted by Crippen LogP contribution is 2.18. The molecule has 1 N–H and O–H groups in total. The Morgan fingerprint density at radius 2 is 1.61 bits per heavy atom. The van der Waals surface area contributed by atoms with Gasteiger partial charge in [0.15, 0.2) is 0 Å². The Bertz CT molecular complexity index is 980. The highest BCUT2D eigenvalue weighted by Gasteiger charge is 2.18. The molecule has 31 heavy (non-hydrogen) atoms. The summed E-state index contributed by atoms with van der Waals surface area (Å²) in [6, 6.07) is 22.9. The van der Waals surface area contributed by atoms with E-state index in [9.17, 15) is 4.79 Å². The van der Waals surface area contributed by atoms with Crippen LogP contribution in [0.1, 0.15) is 22.4 Å². The summed E-state index contributed by atoms with van der Waals surface area (Å²) in [6.07, 6.45) is 2.13. The van der Waals surface area contributed by atoms with Gasteiger partial charge in [0.1, 0.15) is 0 Å². The molecule has 0 saturated carbocycles. The van der Waals surface area contributed by atoms with Crippen molar-refractivity contribution in [3.05, 3.63) is 95.3 Å². The molecule has 1 fully saturated rings. The molecule has 0 atom stereocenters. The minimum atomic E-state index is 0.0249. The molecule has 1 aliphatic rings. The molecule has 1 aliphatic heterocycles. The van der Waals surface area contributed by atoms with Crippen molar-refractivity contribution in [3.8, 4) is 0 Å². The number of piperazine rings is 1. The molecule has 3 aromatic rings. The van der Waals surface area contributed by atoms with Crippen molar-refractivity contribution >= 4 is 11.6 Å². The number of carbonyl (C=O) groups excluding carboxylic acids is 1. The standard InChI is InChI=1S/C26H30N4O/c1-21-11-12-22(18-27-21)17-26(31)28-19-23-7-5-6-8-24(23)20-29-13-15-30(16-14-29)25-9-3-2-4-10-25/h2-12,18H,13-17,19-20H2,1H3,(H,28,31). The van der Waals surface area contributed by atoms with Gasteiger partial charge in [-0.15, -0.1) is 0 Å². The molecular formula is C26H30N4O. The van der Waals surface area contributed by atoms with Crippen molar-refractivity contribution < 1.29 is 4.79 Å². The van der Waals surface area contributed by atoms with E-state index >= 15 is 0 Å². The highest BCUT2D eigenvalue weighted by atomic mass is 16.1. The molecule has 0 radical (unpaired) electrons. The number of anilines is 1. The SMILES string of the molecule is Cc1ccc(CC(=O)NCc2ccccc2CN2CCN(c3ccccc3)CC2)cn1. The quantitative estimate of drug-likeness (QED) is 0.642. The first-order valence-electron chi connectivity index (χ1n) is 10.9. The lowest BCUT2D eigenvalue weighted by Crippen LogP contribution is -2.46. The van der Waals surface area contributed by atoms with Crippen LogP contribution in [0.5, 0.6) is 0 Å². The van der Waals surface area contributed by atoms with Gasteiger partial charge in [0.05, 0.1) is 6.42 Å². The molecule has 5 nitrogen and oxygen atoms in total. The Balaban J connectivity index is 1.29. The van der Waals surface area contributed by atoms with Gasteiger partial charge >= 0.3 is 0 Å². The van der Waals surface area contributed by atoms with Crippen molar-refractivity contribution in [2.45, 2.75) is 26.4 Å². The molecule has 0 unspecified atom stereocenters. The zero-order chi connectivity index (χ0) is 21.5. The maximum absolute atomic E-state index is 12.4. The molecule has 1 saturated heterocycles. The lowest BCUT2D eigenvalue weighted by molar-refractivity contribution is -0.120. The normalized spacial score (nSPS) is 14.4. The molecule has 2 heterocycles. The molecule has 160 valence electrons. The summed E-state index contributed by atoms with van der Waals surface area (Å²) >= 11 is 0. The minimum absolute atomic E-state index is 0.0249. The first-order valence-corrected chi connectivity index (χ1v) is 10.9. The highest BCUT2D eigenvalue weighted by molar-refractivity contribution is 5.78. The van der Waals surface area contributed by atoms with Crippen LogP contribution in [-0.2, 0) is 24.3 Å². The van der Waals surface area contributed by atoms with Crippen LogP contribution in [0.4, 0.5) is 5.69 Å². The van der Waals surface area contributed by atoms with Crippen LogP contribution >= 0.6 is 0 Å². The first kappa shape index (κ1) is 21.1. The number of pyridine rings is 1. The van der Waals surface area contributed by atoms with Gasteiger partial charge in [-0.2, -0.15) is 0 Å². The van der Waals surface area contributed by atoms with Crippen molar-refractivity contribution in [1.29, 1.82) is 0 Å². The van der Waals surface area contributed by atoms with Gasteiger partial charge in [-0.1, -0.05) is 48.5 Å². The van der Waals surface area contributed by atoms with Crippen LogP contribution in [-0.4, -0.2) is 42.0 Å². The lowest BCUT2D eigenvalue weighted by Gasteiger charge is -2.36. The summed E-state index contributed by atoms with van der Waals surface area (Å²) < 4.78 is 0. The van der Waals surface area contributed by atoms with E-state index in [1.807, 2.05) is 25.1 Å². The first-order chi connectivity index (χ1) is 15.2. The van der Waals surface area contributed by atoms with Gasteiger partial charge in [-0.05, 0) is 41.8 Å². The maximum Gasteiger partial charge on any atom is 0.224 e. The monoisotopic (exact) mass is 414 g/mol. The van der Waals surface area contributed by atoms with Gasteiger partial charge in [-0.3, -0.25) is 14.7 Å². The van der Waals surface area contributed by atoms with E-state index in [0.717, 1.165) is 44.0 Å². The number of aromatic nitrogens is 1. The van der Waals surface area contributed by atoms with Crippen molar-refractivity contribution in [1.82, 2.24) is 15.2 Å². The molecule has 0 spiro atoms. The number of amides is 1. The van der Waals surface area contributed by atoms with Gasteiger partial charge in [-0.25, -0.2) is 0 Å². The fourth-order valence-corrected chi connectivity index (χ4v) is 3.97. The molecule has 2 aromatic carbocycles. The van der Waals surface area contributed by atoms with Crippen LogP contribution < -0.4 is 10.2 Å². The van der Waals surface area contributed by atoms with Crippen molar-refractivity contribution in [3.63, 3.8) is 0 Å². The topological polar surface area (TPSA) is 48.5 Å². The van der Waals surface area contributed by atoms with E-state index in [0.29, 0.717) is 13.0 Å². The Labute approximate surface area is 184 Å². The van der Waals surface area contributed by atoms with Crippen molar-refractivity contribution in [2.75, 3.05) is 31.1 Å². The fourth-order valence-electron chi connectivity index (χ4n) is 3.97. The third-order valence-corrected chi connectivity index (χ3v) is 5.82. The zero-order valence-electron chi connectivity index (χ0n) is 18.1. The fraction of sp³-hybridized carbons (Fsp3) is 0.308.